The quantitative estimate of drug-likeness (QED) is 0.275. The fraction of sp³-hybridized carbons (Fsp3) is 0.143. The molecule has 0 aliphatic rings. The Balaban J connectivity index is 1.87. The minimum Gasteiger partial charge on any atom is -0.506 e. The van der Waals surface area contributed by atoms with Gasteiger partial charge in [-0.15, -0.1) is 5.10 Å². The van der Waals surface area contributed by atoms with Gasteiger partial charge in [0.15, 0.2) is 0 Å². The largest absolute Gasteiger partial charge is 0.506 e. The molecule has 3 rings (SSSR count). The van der Waals surface area contributed by atoms with Crippen LogP contribution in [-0.4, -0.2) is 42.3 Å². The number of phenols is 1. The third-order valence-electron chi connectivity index (χ3n) is 3.40. The van der Waals surface area contributed by atoms with Crippen LogP contribution in [0.3, 0.4) is 0 Å². The Morgan fingerprint density at radius 2 is 2.12 bits per heavy atom. The zero-order valence-corrected chi connectivity index (χ0v) is 17.9. The van der Waals surface area contributed by atoms with Crippen LogP contribution < -0.4 is 5.73 Å². The number of hydrogen-bond acceptors (Lipinski definition) is 9. The fourth-order valence-electron chi connectivity index (χ4n) is 2.11. The first-order chi connectivity index (χ1) is 12.4. The van der Waals surface area contributed by atoms with Gasteiger partial charge in [0, 0.05) is 9.13 Å². The number of nitrogens with two attached hydrogens (primary N) is 1. The van der Waals surface area contributed by atoms with Crippen LogP contribution in [0, 0.1) is 14.1 Å². The minimum atomic E-state index is 0.112. The van der Waals surface area contributed by atoms with Gasteiger partial charge in [-0.25, -0.2) is 4.63 Å². The monoisotopic (exact) mass is 578 g/mol. The van der Waals surface area contributed by atoms with Crippen molar-refractivity contribution in [1.82, 2.24) is 25.3 Å². The lowest BCUT2D eigenvalue weighted by atomic mass is 10.2. The highest BCUT2D eigenvalue weighted by Gasteiger charge is 2.17. The van der Waals surface area contributed by atoms with E-state index in [9.17, 15) is 5.11 Å². The van der Waals surface area contributed by atoms with Crippen LogP contribution in [0.2, 0.25) is 0 Å². The van der Waals surface area contributed by atoms with E-state index in [4.69, 9.17) is 5.73 Å². The number of benzene rings is 1. The Hall–Kier alpha value is -2.10. The molecule has 26 heavy (non-hydrogen) atoms. The van der Waals surface area contributed by atoms with Crippen molar-refractivity contribution in [2.75, 3.05) is 5.73 Å². The highest BCUT2D eigenvalue weighted by Crippen LogP contribution is 2.25. The molecule has 0 fully saturated rings. The maximum Gasteiger partial charge on any atom is 0.243 e. The second-order valence-electron chi connectivity index (χ2n) is 5.16. The smallest absolute Gasteiger partial charge is 0.243 e. The summed E-state index contributed by atoms with van der Waals surface area (Å²) in [7, 11) is 0. The molecule has 12 heteroatoms. The molecule has 0 radical (unpaired) electrons. The summed E-state index contributed by atoms with van der Waals surface area (Å²) in [5, 5.41) is 33.5. The maximum absolute atomic E-state index is 10.1. The van der Waals surface area contributed by atoms with Crippen LogP contribution in [-0.2, 0) is 0 Å². The molecular formula is C14H12I2N8O2. The number of halogens is 2. The van der Waals surface area contributed by atoms with Crippen LogP contribution in [0.25, 0.3) is 5.82 Å². The Morgan fingerprint density at radius 3 is 2.81 bits per heavy atom. The Bertz CT molecular complexity index is 1020. The van der Waals surface area contributed by atoms with E-state index in [1.807, 2.05) is 12.1 Å². The van der Waals surface area contributed by atoms with Crippen molar-refractivity contribution >= 4 is 62.9 Å². The SMILES string of the molecule is C/C(=N\N=C\c1cc(I)cc(I)c1O)c1nnn(-c2nonc2N)c1C. The number of aromatic nitrogens is 5. The molecule has 0 spiro atoms. The molecular weight excluding hydrogens is 566 g/mol. The first kappa shape index (κ1) is 18.7. The molecule has 2 aromatic heterocycles. The highest BCUT2D eigenvalue weighted by molar-refractivity contribution is 14.1. The summed E-state index contributed by atoms with van der Waals surface area (Å²) < 4.78 is 7.73. The standard InChI is InChI=1S/C14H12I2N8O2/c1-6(19-18-5-8-3-9(15)4-10(16)12(8)25)11-7(2)24(23-20-11)14-13(17)21-26-22-14/h3-5,25H,1-2H3,(H2,17,21)/b18-5+,19-6+. The number of aromatic hydroxyl groups is 1. The number of hydrogen-bond donors (Lipinski definition) is 2. The average Bonchev–Trinajstić information content (AvgIpc) is 3.17. The molecule has 0 amide bonds. The molecule has 10 nitrogen and oxygen atoms in total. The summed E-state index contributed by atoms with van der Waals surface area (Å²) in [5.41, 5.74) is 8.00. The molecule has 0 bridgehead atoms. The lowest BCUT2D eigenvalue weighted by Crippen LogP contribution is -2.04. The number of nitrogens with zero attached hydrogens (tertiary/aromatic N) is 7. The molecule has 3 N–H and O–H groups in total. The summed E-state index contributed by atoms with van der Waals surface area (Å²) in [5.74, 6) is 0.538. The number of rotatable bonds is 4. The first-order valence-corrected chi connectivity index (χ1v) is 9.31. The van der Waals surface area contributed by atoms with Crippen LogP contribution in [0.15, 0.2) is 27.0 Å². The number of phenolic OH excluding ortho intramolecular Hbond substituents is 1. The summed E-state index contributed by atoms with van der Waals surface area (Å²) in [6.07, 6.45) is 1.49. The van der Waals surface area contributed by atoms with Crippen LogP contribution in [0.1, 0.15) is 23.9 Å². The molecule has 2 heterocycles. The van der Waals surface area contributed by atoms with Crippen LogP contribution in [0.5, 0.6) is 5.75 Å². The number of nitrogen functional groups attached to an aromatic ring is 1. The van der Waals surface area contributed by atoms with Gasteiger partial charge in [0.2, 0.25) is 11.6 Å². The van der Waals surface area contributed by atoms with E-state index in [-0.39, 0.29) is 17.4 Å². The molecule has 0 saturated carbocycles. The molecule has 0 aliphatic heterocycles. The van der Waals surface area contributed by atoms with Crippen molar-refractivity contribution in [3.05, 3.63) is 36.2 Å². The van der Waals surface area contributed by atoms with Crippen molar-refractivity contribution in [2.24, 2.45) is 10.2 Å². The third-order valence-corrected chi connectivity index (χ3v) is 4.84. The van der Waals surface area contributed by atoms with E-state index in [1.54, 1.807) is 13.8 Å². The van der Waals surface area contributed by atoms with E-state index in [0.29, 0.717) is 22.7 Å². The first-order valence-electron chi connectivity index (χ1n) is 7.15. The minimum absolute atomic E-state index is 0.112. The van der Waals surface area contributed by atoms with Gasteiger partial charge in [-0.2, -0.15) is 14.9 Å². The highest BCUT2D eigenvalue weighted by atomic mass is 127. The van der Waals surface area contributed by atoms with Gasteiger partial charge in [0.25, 0.3) is 0 Å². The van der Waals surface area contributed by atoms with E-state index in [2.05, 4.69) is 80.6 Å². The van der Waals surface area contributed by atoms with Gasteiger partial charge < -0.3 is 10.8 Å². The molecule has 0 aliphatic carbocycles. The lowest BCUT2D eigenvalue weighted by Gasteiger charge is -2.02. The van der Waals surface area contributed by atoms with Crippen molar-refractivity contribution in [1.29, 1.82) is 0 Å². The van der Waals surface area contributed by atoms with Crippen molar-refractivity contribution < 1.29 is 9.74 Å². The summed E-state index contributed by atoms with van der Waals surface area (Å²) in [6.45, 7) is 3.54. The molecule has 1 aromatic carbocycles. The Kier molecular flexibility index (Phi) is 5.49. The second-order valence-corrected chi connectivity index (χ2v) is 7.57. The van der Waals surface area contributed by atoms with Gasteiger partial charge in [-0.1, -0.05) is 5.21 Å². The zero-order chi connectivity index (χ0) is 18.8. The van der Waals surface area contributed by atoms with Crippen molar-refractivity contribution in [2.45, 2.75) is 13.8 Å². The molecule has 3 aromatic rings. The fourth-order valence-corrected chi connectivity index (χ4v) is 4.00. The maximum atomic E-state index is 10.1. The van der Waals surface area contributed by atoms with Gasteiger partial charge in [-0.05, 0) is 81.5 Å². The van der Waals surface area contributed by atoms with E-state index in [0.717, 1.165) is 7.14 Å². The average molecular weight is 578 g/mol. The van der Waals surface area contributed by atoms with Gasteiger partial charge >= 0.3 is 0 Å². The topological polar surface area (TPSA) is 141 Å². The van der Waals surface area contributed by atoms with Gasteiger partial charge in [0.1, 0.15) is 11.4 Å². The second kappa shape index (κ2) is 7.65. The van der Waals surface area contributed by atoms with Crippen molar-refractivity contribution in [3.63, 3.8) is 0 Å². The predicted octanol–water partition coefficient (Wildman–Crippen LogP) is 2.30. The van der Waals surface area contributed by atoms with E-state index < -0.39 is 0 Å². The molecule has 0 saturated heterocycles. The van der Waals surface area contributed by atoms with Crippen LogP contribution >= 0.6 is 45.2 Å². The third kappa shape index (κ3) is 3.69. The summed E-state index contributed by atoms with van der Waals surface area (Å²) in [4.78, 5) is 0. The number of anilines is 1. The van der Waals surface area contributed by atoms with Gasteiger partial charge in [0.05, 0.1) is 21.2 Å². The Morgan fingerprint density at radius 1 is 1.35 bits per heavy atom. The predicted molar refractivity (Wildman–Crippen MR) is 112 cm³/mol. The van der Waals surface area contributed by atoms with Gasteiger partial charge in [-0.3, -0.25) is 0 Å². The van der Waals surface area contributed by atoms with E-state index in [1.165, 1.54) is 10.9 Å². The van der Waals surface area contributed by atoms with Crippen molar-refractivity contribution in [3.8, 4) is 11.6 Å². The molecule has 0 unspecified atom stereocenters. The summed E-state index contributed by atoms with van der Waals surface area (Å²) >= 11 is 4.24. The molecule has 134 valence electrons. The Labute approximate surface area is 174 Å². The van der Waals surface area contributed by atoms with Crippen LogP contribution in [0.4, 0.5) is 5.82 Å². The molecule has 0 atom stereocenters. The lowest BCUT2D eigenvalue weighted by molar-refractivity contribution is 0.306. The zero-order valence-electron chi connectivity index (χ0n) is 13.6. The summed E-state index contributed by atoms with van der Waals surface area (Å²) in [6, 6.07) is 3.68. The normalized spacial score (nSPS) is 12.2. The van der Waals surface area contributed by atoms with E-state index >= 15 is 0 Å².